The number of aryl methyl sites for hydroxylation is 1. The predicted molar refractivity (Wildman–Crippen MR) is 83.4 cm³/mol. The average Bonchev–Trinajstić information content (AvgIpc) is 2.79. The smallest absolute Gasteiger partial charge is 0.181 e. The van der Waals surface area contributed by atoms with Crippen molar-refractivity contribution in [3.63, 3.8) is 0 Å². The zero-order valence-electron chi connectivity index (χ0n) is 13.1. The fourth-order valence-corrected chi connectivity index (χ4v) is 5.50. The molecule has 2 aliphatic rings. The summed E-state index contributed by atoms with van der Waals surface area (Å²) in [7, 11) is -3.29. The lowest BCUT2D eigenvalue weighted by Gasteiger charge is -2.20. The molecular formula is C17H18O5S. The minimum absolute atomic E-state index is 0.0446. The lowest BCUT2D eigenvalue weighted by Crippen LogP contribution is -2.35. The molecule has 3 rings (SSSR count). The predicted octanol–water partition coefficient (Wildman–Crippen LogP) is 1.75. The van der Waals surface area contributed by atoms with Crippen LogP contribution in [0.15, 0.2) is 11.0 Å². The van der Waals surface area contributed by atoms with Crippen LogP contribution in [0.5, 0.6) is 0 Å². The standard InChI is InChI=1S/C17H18O5S/c1-9-8-12(10(2)11-6-7-23(21,22)17(9)11)16(20)15-13(18)4-3-5-14(15)19/h8,15H,3-7H2,1-2H3. The molecule has 1 aliphatic heterocycles. The molecule has 0 bridgehead atoms. The fourth-order valence-electron chi connectivity index (χ4n) is 3.64. The first-order valence-electron chi connectivity index (χ1n) is 7.69. The van der Waals surface area contributed by atoms with Crippen LogP contribution < -0.4 is 0 Å². The lowest BCUT2D eigenvalue weighted by molar-refractivity contribution is -0.133. The SMILES string of the molecule is Cc1cc(C(=O)C2C(=O)CCCC2=O)c(C)c2c1S(=O)(=O)CC2. The van der Waals surface area contributed by atoms with Gasteiger partial charge >= 0.3 is 0 Å². The summed E-state index contributed by atoms with van der Waals surface area (Å²) in [5.74, 6) is -2.29. The second kappa shape index (κ2) is 5.37. The maximum absolute atomic E-state index is 12.8. The third-order valence-corrected chi connectivity index (χ3v) is 6.73. The highest BCUT2D eigenvalue weighted by atomic mass is 32.2. The van der Waals surface area contributed by atoms with Gasteiger partial charge in [-0.2, -0.15) is 0 Å². The third-order valence-electron chi connectivity index (χ3n) is 4.80. The number of hydrogen-bond donors (Lipinski definition) is 0. The molecule has 1 saturated carbocycles. The molecule has 6 heteroatoms. The van der Waals surface area contributed by atoms with E-state index in [0.717, 1.165) is 0 Å². The monoisotopic (exact) mass is 334 g/mol. The van der Waals surface area contributed by atoms with Gasteiger partial charge in [-0.1, -0.05) is 0 Å². The van der Waals surface area contributed by atoms with E-state index < -0.39 is 21.5 Å². The molecule has 0 radical (unpaired) electrons. The Morgan fingerprint density at radius 2 is 1.70 bits per heavy atom. The third kappa shape index (κ3) is 2.45. The van der Waals surface area contributed by atoms with Gasteiger partial charge in [-0.05, 0) is 49.4 Å². The van der Waals surface area contributed by atoms with Crippen LogP contribution in [-0.2, 0) is 25.8 Å². The second-order valence-electron chi connectivity index (χ2n) is 6.33. The average molecular weight is 334 g/mol. The van der Waals surface area contributed by atoms with Crippen LogP contribution in [0.3, 0.4) is 0 Å². The van der Waals surface area contributed by atoms with Gasteiger partial charge < -0.3 is 0 Å². The van der Waals surface area contributed by atoms with Crippen molar-refractivity contribution in [2.45, 2.75) is 44.4 Å². The molecule has 0 aromatic heterocycles. The second-order valence-corrected chi connectivity index (χ2v) is 8.37. The van der Waals surface area contributed by atoms with Crippen molar-refractivity contribution in [2.24, 2.45) is 5.92 Å². The van der Waals surface area contributed by atoms with Crippen LogP contribution >= 0.6 is 0 Å². The van der Waals surface area contributed by atoms with Gasteiger partial charge in [-0.25, -0.2) is 8.42 Å². The molecule has 0 amide bonds. The molecule has 5 nitrogen and oxygen atoms in total. The largest absolute Gasteiger partial charge is 0.298 e. The molecule has 122 valence electrons. The summed E-state index contributed by atoms with van der Waals surface area (Å²) in [5.41, 5.74) is 2.07. The van der Waals surface area contributed by atoms with Crippen LogP contribution in [0.25, 0.3) is 0 Å². The molecule has 0 atom stereocenters. The molecule has 23 heavy (non-hydrogen) atoms. The summed E-state index contributed by atoms with van der Waals surface area (Å²) in [6.07, 6.45) is 1.37. The van der Waals surface area contributed by atoms with E-state index in [2.05, 4.69) is 0 Å². The van der Waals surface area contributed by atoms with E-state index in [4.69, 9.17) is 0 Å². The molecule has 1 aromatic rings. The fraction of sp³-hybridized carbons (Fsp3) is 0.471. The topological polar surface area (TPSA) is 85.3 Å². The summed E-state index contributed by atoms with van der Waals surface area (Å²) in [5, 5.41) is 0. The van der Waals surface area contributed by atoms with Gasteiger partial charge in [0.05, 0.1) is 10.6 Å². The Labute approximate surface area is 135 Å². The van der Waals surface area contributed by atoms with E-state index in [1.54, 1.807) is 13.8 Å². The van der Waals surface area contributed by atoms with E-state index in [1.807, 2.05) is 0 Å². The number of hydrogen-bond acceptors (Lipinski definition) is 5. The van der Waals surface area contributed by atoms with Crippen LogP contribution in [0, 0.1) is 19.8 Å². The summed E-state index contributed by atoms with van der Waals surface area (Å²) in [6.45, 7) is 3.35. The van der Waals surface area contributed by atoms with Crippen molar-refractivity contribution < 1.29 is 22.8 Å². The molecule has 0 saturated heterocycles. The maximum atomic E-state index is 12.8. The molecular weight excluding hydrogens is 316 g/mol. The summed E-state index contributed by atoms with van der Waals surface area (Å²) < 4.78 is 24.2. The van der Waals surface area contributed by atoms with Crippen molar-refractivity contribution in [1.29, 1.82) is 0 Å². The molecule has 1 aliphatic carbocycles. The lowest BCUT2D eigenvalue weighted by atomic mass is 9.80. The Morgan fingerprint density at radius 1 is 1.09 bits per heavy atom. The van der Waals surface area contributed by atoms with E-state index in [9.17, 15) is 22.8 Å². The zero-order chi connectivity index (χ0) is 16.9. The number of rotatable bonds is 2. The number of carbonyl (C=O) groups is 3. The van der Waals surface area contributed by atoms with Crippen molar-refractivity contribution in [3.05, 3.63) is 28.3 Å². The quantitative estimate of drug-likeness (QED) is 0.607. The number of fused-ring (bicyclic) bond motifs is 1. The van der Waals surface area contributed by atoms with Crippen LogP contribution in [0.4, 0.5) is 0 Å². The van der Waals surface area contributed by atoms with Crippen molar-refractivity contribution in [2.75, 3.05) is 5.75 Å². The number of benzene rings is 1. The highest BCUT2D eigenvalue weighted by Gasteiger charge is 2.39. The number of ketones is 3. The maximum Gasteiger partial charge on any atom is 0.181 e. The highest BCUT2D eigenvalue weighted by Crippen LogP contribution is 2.35. The van der Waals surface area contributed by atoms with Gasteiger partial charge in [0.1, 0.15) is 5.92 Å². The van der Waals surface area contributed by atoms with Gasteiger partial charge in [0.2, 0.25) is 0 Å². The molecule has 0 spiro atoms. The van der Waals surface area contributed by atoms with E-state index >= 15 is 0 Å². The Bertz CT molecular complexity index is 832. The first kappa shape index (κ1) is 16.1. The summed E-state index contributed by atoms with van der Waals surface area (Å²) in [4.78, 5) is 37.1. The normalized spacial score (nSPS) is 20.6. The minimum Gasteiger partial charge on any atom is -0.298 e. The van der Waals surface area contributed by atoms with Crippen molar-refractivity contribution >= 4 is 27.2 Å². The Balaban J connectivity index is 2.12. The molecule has 1 aromatic carbocycles. The first-order chi connectivity index (χ1) is 10.7. The Hall–Kier alpha value is -1.82. The number of Topliss-reactive ketones (excluding diaryl/α,β-unsaturated/α-hetero) is 3. The van der Waals surface area contributed by atoms with Gasteiger partial charge in [0.25, 0.3) is 0 Å². The van der Waals surface area contributed by atoms with Gasteiger partial charge in [0.15, 0.2) is 27.2 Å². The molecule has 0 N–H and O–H groups in total. The number of carbonyl (C=O) groups excluding carboxylic acids is 3. The number of sulfone groups is 1. The highest BCUT2D eigenvalue weighted by molar-refractivity contribution is 7.91. The van der Waals surface area contributed by atoms with Crippen LogP contribution in [0.1, 0.15) is 46.3 Å². The minimum atomic E-state index is -3.29. The first-order valence-corrected chi connectivity index (χ1v) is 9.34. The van der Waals surface area contributed by atoms with Crippen LogP contribution in [-0.4, -0.2) is 31.5 Å². The van der Waals surface area contributed by atoms with E-state index in [0.29, 0.717) is 40.0 Å². The Kier molecular flexibility index (Phi) is 3.75. The van der Waals surface area contributed by atoms with Gasteiger partial charge in [-0.15, -0.1) is 0 Å². The van der Waals surface area contributed by atoms with E-state index in [1.165, 1.54) is 6.07 Å². The summed E-state index contributed by atoms with van der Waals surface area (Å²) in [6, 6.07) is 1.52. The molecule has 1 fully saturated rings. The van der Waals surface area contributed by atoms with Gasteiger partial charge in [0, 0.05) is 18.4 Å². The van der Waals surface area contributed by atoms with Crippen molar-refractivity contribution in [1.82, 2.24) is 0 Å². The summed E-state index contributed by atoms with van der Waals surface area (Å²) >= 11 is 0. The molecule has 0 unspecified atom stereocenters. The van der Waals surface area contributed by atoms with E-state index in [-0.39, 0.29) is 30.2 Å². The zero-order valence-corrected chi connectivity index (χ0v) is 14.0. The van der Waals surface area contributed by atoms with Gasteiger partial charge in [-0.3, -0.25) is 14.4 Å². The molecule has 1 heterocycles. The van der Waals surface area contributed by atoms with Crippen molar-refractivity contribution in [3.8, 4) is 0 Å². The van der Waals surface area contributed by atoms with Crippen LogP contribution in [0.2, 0.25) is 0 Å². The Morgan fingerprint density at radius 3 is 2.30 bits per heavy atom.